The fraction of sp³-hybridized carbons (Fsp3) is 0.529. The number of anilines is 1. The standard InChI is InChI=1S/C17H24N4OS/c1-3-8-17(2,18)15(22)20-9-11-21(12-10-20)16-19-13-6-4-5-7-14(13)23-16/h4-7H,3,8-12,18H2,1-2H3. The Kier molecular flexibility index (Phi) is 4.55. The number of benzene rings is 1. The van der Waals surface area contributed by atoms with E-state index in [1.807, 2.05) is 30.0 Å². The van der Waals surface area contributed by atoms with Crippen molar-refractivity contribution < 1.29 is 4.79 Å². The largest absolute Gasteiger partial charge is 0.345 e. The normalized spacial score (nSPS) is 18.2. The molecule has 0 aliphatic carbocycles. The molecule has 1 unspecified atom stereocenters. The van der Waals surface area contributed by atoms with Crippen molar-refractivity contribution in [3.8, 4) is 0 Å². The topological polar surface area (TPSA) is 62.5 Å². The fourth-order valence-electron chi connectivity index (χ4n) is 3.08. The molecule has 1 amide bonds. The highest BCUT2D eigenvalue weighted by Gasteiger charge is 2.33. The van der Waals surface area contributed by atoms with Crippen LogP contribution < -0.4 is 10.6 Å². The summed E-state index contributed by atoms with van der Waals surface area (Å²) >= 11 is 1.71. The Morgan fingerprint density at radius 1 is 1.30 bits per heavy atom. The molecule has 1 aliphatic rings. The first-order chi connectivity index (χ1) is 11.0. The van der Waals surface area contributed by atoms with Gasteiger partial charge in [0, 0.05) is 26.2 Å². The Morgan fingerprint density at radius 3 is 2.65 bits per heavy atom. The van der Waals surface area contributed by atoms with E-state index in [1.54, 1.807) is 11.3 Å². The Bertz CT molecular complexity index is 656. The summed E-state index contributed by atoms with van der Waals surface area (Å²) in [5, 5.41) is 1.04. The maximum absolute atomic E-state index is 12.6. The Balaban J connectivity index is 1.65. The molecule has 5 nitrogen and oxygen atoms in total. The molecule has 0 spiro atoms. The molecular weight excluding hydrogens is 308 g/mol. The zero-order chi connectivity index (χ0) is 16.4. The lowest BCUT2D eigenvalue weighted by molar-refractivity contribution is -0.137. The smallest absolute Gasteiger partial charge is 0.242 e. The van der Waals surface area contributed by atoms with Gasteiger partial charge in [-0.3, -0.25) is 4.79 Å². The van der Waals surface area contributed by atoms with E-state index in [9.17, 15) is 4.79 Å². The van der Waals surface area contributed by atoms with Gasteiger partial charge in [0.1, 0.15) is 0 Å². The van der Waals surface area contributed by atoms with Crippen molar-refractivity contribution >= 4 is 32.6 Å². The predicted molar refractivity (Wildman–Crippen MR) is 95.9 cm³/mol. The number of nitrogens with two attached hydrogens (primary N) is 1. The molecule has 124 valence electrons. The molecular formula is C17H24N4OS. The van der Waals surface area contributed by atoms with Crippen molar-refractivity contribution in [1.29, 1.82) is 0 Å². The van der Waals surface area contributed by atoms with Gasteiger partial charge in [-0.05, 0) is 25.5 Å². The van der Waals surface area contributed by atoms with E-state index < -0.39 is 5.54 Å². The van der Waals surface area contributed by atoms with Crippen molar-refractivity contribution in [2.45, 2.75) is 32.2 Å². The highest BCUT2D eigenvalue weighted by atomic mass is 32.1. The predicted octanol–water partition coefficient (Wildman–Crippen LogP) is 2.46. The van der Waals surface area contributed by atoms with Gasteiger partial charge in [0.05, 0.1) is 15.8 Å². The molecule has 1 aromatic carbocycles. The minimum Gasteiger partial charge on any atom is -0.345 e. The molecule has 1 aromatic heterocycles. The van der Waals surface area contributed by atoms with Crippen LogP contribution >= 0.6 is 11.3 Å². The summed E-state index contributed by atoms with van der Waals surface area (Å²) in [6.07, 6.45) is 1.65. The van der Waals surface area contributed by atoms with Gasteiger partial charge in [0.25, 0.3) is 0 Å². The SMILES string of the molecule is CCCC(C)(N)C(=O)N1CCN(c2nc3ccccc3s2)CC1. The third kappa shape index (κ3) is 3.33. The van der Waals surface area contributed by atoms with Crippen LogP contribution in [-0.2, 0) is 4.79 Å². The van der Waals surface area contributed by atoms with Crippen molar-refractivity contribution in [3.63, 3.8) is 0 Å². The number of hydrogen-bond donors (Lipinski definition) is 1. The van der Waals surface area contributed by atoms with Gasteiger partial charge in [0.15, 0.2) is 5.13 Å². The van der Waals surface area contributed by atoms with E-state index in [0.29, 0.717) is 13.1 Å². The third-order valence-corrected chi connectivity index (χ3v) is 5.48. The first-order valence-corrected chi connectivity index (χ1v) is 9.01. The summed E-state index contributed by atoms with van der Waals surface area (Å²) in [6.45, 7) is 6.96. The molecule has 6 heteroatoms. The van der Waals surface area contributed by atoms with E-state index in [1.165, 1.54) is 4.70 Å². The molecule has 0 saturated carbocycles. The van der Waals surface area contributed by atoms with Crippen LogP contribution in [0.4, 0.5) is 5.13 Å². The zero-order valence-corrected chi connectivity index (χ0v) is 14.6. The van der Waals surface area contributed by atoms with Gasteiger partial charge >= 0.3 is 0 Å². The second-order valence-corrected chi connectivity index (χ2v) is 7.42. The van der Waals surface area contributed by atoms with Crippen LogP contribution in [-0.4, -0.2) is 47.5 Å². The molecule has 1 aliphatic heterocycles. The number of amides is 1. The van der Waals surface area contributed by atoms with Gasteiger partial charge in [-0.2, -0.15) is 0 Å². The van der Waals surface area contributed by atoms with Gasteiger partial charge < -0.3 is 15.5 Å². The molecule has 2 aromatic rings. The number of thiazole rings is 1. The van der Waals surface area contributed by atoms with Crippen LogP contribution in [0, 0.1) is 0 Å². The number of piperazine rings is 1. The lowest BCUT2D eigenvalue weighted by atomic mass is 9.95. The number of carbonyl (C=O) groups excluding carboxylic acids is 1. The summed E-state index contributed by atoms with van der Waals surface area (Å²) in [4.78, 5) is 21.4. The summed E-state index contributed by atoms with van der Waals surface area (Å²) in [5.41, 5.74) is 6.48. The third-order valence-electron chi connectivity index (χ3n) is 4.38. The van der Waals surface area contributed by atoms with Crippen LogP contribution in [0.5, 0.6) is 0 Å². The number of hydrogen-bond acceptors (Lipinski definition) is 5. The first-order valence-electron chi connectivity index (χ1n) is 8.20. The van der Waals surface area contributed by atoms with E-state index in [4.69, 9.17) is 10.7 Å². The number of carbonyl (C=O) groups is 1. The number of rotatable bonds is 4. The van der Waals surface area contributed by atoms with E-state index in [2.05, 4.69) is 17.9 Å². The lowest BCUT2D eigenvalue weighted by Gasteiger charge is -2.38. The summed E-state index contributed by atoms with van der Waals surface area (Å²) in [5.74, 6) is 0.0725. The molecule has 23 heavy (non-hydrogen) atoms. The van der Waals surface area contributed by atoms with Gasteiger partial charge in [-0.1, -0.05) is 36.8 Å². The summed E-state index contributed by atoms with van der Waals surface area (Å²) in [6, 6.07) is 8.19. The van der Waals surface area contributed by atoms with Crippen molar-refractivity contribution in [1.82, 2.24) is 9.88 Å². The second kappa shape index (κ2) is 6.45. The van der Waals surface area contributed by atoms with Crippen molar-refractivity contribution in [2.75, 3.05) is 31.1 Å². The van der Waals surface area contributed by atoms with Crippen LogP contribution in [0.25, 0.3) is 10.2 Å². The summed E-state index contributed by atoms with van der Waals surface area (Å²) < 4.78 is 1.21. The second-order valence-electron chi connectivity index (χ2n) is 6.41. The Morgan fingerprint density at radius 2 is 2.00 bits per heavy atom. The first kappa shape index (κ1) is 16.2. The molecule has 0 bridgehead atoms. The maximum Gasteiger partial charge on any atom is 0.242 e. The average molecular weight is 332 g/mol. The van der Waals surface area contributed by atoms with E-state index in [0.717, 1.165) is 36.6 Å². The monoisotopic (exact) mass is 332 g/mol. The van der Waals surface area contributed by atoms with Gasteiger partial charge in [-0.15, -0.1) is 0 Å². The number of para-hydroxylation sites is 1. The van der Waals surface area contributed by atoms with Crippen molar-refractivity contribution in [2.24, 2.45) is 5.73 Å². The average Bonchev–Trinajstić information content (AvgIpc) is 2.98. The molecule has 1 fully saturated rings. The minimum absolute atomic E-state index is 0.0725. The molecule has 0 radical (unpaired) electrons. The molecule has 2 N–H and O–H groups in total. The quantitative estimate of drug-likeness (QED) is 0.934. The van der Waals surface area contributed by atoms with Gasteiger partial charge in [-0.25, -0.2) is 4.98 Å². The van der Waals surface area contributed by atoms with Crippen LogP contribution in [0.15, 0.2) is 24.3 Å². The highest BCUT2D eigenvalue weighted by Crippen LogP contribution is 2.29. The van der Waals surface area contributed by atoms with Gasteiger partial charge in [0.2, 0.25) is 5.91 Å². The maximum atomic E-state index is 12.6. The summed E-state index contributed by atoms with van der Waals surface area (Å²) in [7, 11) is 0. The van der Waals surface area contributed by atoms with Crippen LogP contribution in [0.2, 0.25) is 0 Å². The lowest BCUT2D eigenvalue weighted by Crippen LogP contribution is -2.58. The van der Waals surface area contributed by atoms with Crippen molar-refractivity contribution in [3.05, 3.63) is 24.3 Å². The number of fused-ring (bicyclic) bond motifs is 1. The Labute approximate surface area is 141 Å². The molecule has 2 heterocycles. The Hall–Kier alpha value is -1.66. The van der Waals surface area contributed by atoms with E-state index >= 15 is 0 Å². The highest BCUT2D eigenvalue weighted by molar-refractivity contribution is 7.22. The molecule has 1 saturated heterocycles. The number of aromatic nitrogens is 1. The minimum atomic E-state index is -0.743. The molecule has 3 rings (SSSR count). The fourth-order valence-corrected chi connectivity index (χ4v) is 4.10. The number of nitrogens with zero attached hydrogens (tertiary/aromatic N) is 3. The van der Waals surface area contributed by atoms with Crippen LogP contribution in [0.1, 0.15) is 26.7 Å². The molecule has 1 atom stereocenters. The van der Waals surface area contributed by atoms with E-state index in [-0.39, 0.29) is 5.91 Å². The van der Waals surface area contributed by atoms with Crippen LogP contribution in [0.3, 0.4) is 0 Å². The zero-order valence-electron chi connectivity index (χ0n) is 13.8.